The fourth-order valence-corrected chi connectivity index (χ4v) is 10.4. The number of hydrogen-bond acceptors (Lipinski definition) is 10. The first-order chi connectivity index (χ1) is 28.8. The third kappa shape index (κ3) is 9.02. The number of rotatable bonds is 9. The van der Waals surface area contributed by atoms with Crippen molar-refractivity contribution in [2.24, 2.45) is 11.8 Å². The summed E-state index contributed by atoms with van der Waals surface area (Å²) in [6, 6.07) is 16.0. The van der Waals surface area contributed by atoms with E-state index in [1.54, 1.807) is 12.0 Å². The molecular weight excluding hydrogens is 787 g/mol. The van der Waals surface area contributed by atoms with Crippen LogP contribution in [0.4, 0.5) is 0 Å². The van der Waals surface area contributed by atoms with Gasteiger partial charge in [0.1, 0.15) is 29.2 Å². The molecule has 0 spiro atoms. The number of pyridine rings is 1. The maximum atomic E-state index is 15.0. The Balaban J connectivity index is 1.12. The number of sulfonamides is 1. The van der Waals surface area contributed by atoms with Crippen molar-refractivity contribution in [3.63, 3.8) is 0 Å². The van der Waals surface area contributed by atoms with Crippen molar-refractivity contribution in [2.45, 2.75) is 113 Å². The minimum Gasteiger partial charge on any atom is -0.497 e. The van der Waals surface area contributed by atoms with Crippen LogP contribution < -0.4 is 19.5 Å². The molecule has 8 rings (SSSR count). The van der Waals surface area contributed by atoms with Gasteiger partial charge >= 0.3 is 0 Å². The van der Waals surface area contributed by atoms with Crippen molar-refractivity contribution in [1.82, 2.24) is 24.8 Å². The van der Waals surface area contributed by atoms with E-state index in [9.17, 15) is 27.6 Å². The number of fused-ring (bicyclic) bond motifs is 3. The van der Waals surface area contributed by atoms with Gasteiger partial charge in [0.15, 0.2) is 0 Å². The molecule has 2 unspecified atom stereocenters. The first-order valence-corrected chi connectivity index (χ1v) is 22.9. The van der Waals surface area contributed by atoms with Gasteiger partial charge in [0.25, 0.3) is 5.91 Å². The predicted molar refractivity (Wildman–Crippen MR) is 224 cm³/mol. The van der Waals surface area contributed by atoms with Crippen LogP contribution in [0.15, 0.2) is 66.7 Å². The van der Waals surface area contributed by atoms with Crippen LogP contribution in [0.5, 0.6) is 11.5 Å². The molecule has 4 amide bonds. The van der Waals surface area contributed by atoms with Crippen LogP contribution in [-0.4, -0.2) is 109 Å². The van der Waals surface area contributed by atoms with Crippen molar-refractivity contribution in [3.8, 4) is 22.8 Å². The lowest BCUT2D eigenvalue weighted by molar-refractivity contribution is -0.149. The maximum absolute atomic E-state index is 15.0. The zero-order chi connectivity index (χ0) is 42.2. The second-order valence-corrected chi connectivity index (χ2v) is 19.2. The van der Waals surface area contributed by atoms with Gasteiger partial charge in [0, 0.05) is 60.8 Å². The summed E-state index contributed by atoms with van der Waals surface area (Å²) >= 11 is 0. The Labute approximate surface area is 351 Å². The summed E-state index contributed by atoms with van der Waals surface area (Å²) in [6.07, 6.45) is 7.75. The smallest absolute Gasteiger partial charge is 0.259 e. The van der Waals surface area contributed by atoms with Crippen LogP contribution in [-0.2, 0) is 33.9 Å². The number of carbonyl (C=O) groups is 4. The molecular formula is C45H55N5O9S. The van der Waals surface area contributed by atoms with E-state index in [0.29, 0.717) is 66.9 Å². The van der Waals surface area contributed by atoms with Gasteiger partial charge in [-0.1, -0.05) is 55.3 Å². The molecule has 7 atom stereocenters. The highest BCUT2D eigenvalue weighted by atomic mass is 32.2. The van der Waals surface area contributed by atoms with Gasteiger partial charge < -0.3 is 29.3 Å². The summed E-state index contributed by atoms with van der Waals surface area (Å²) in [5.41, 5.74) is 0.686. The molecule has 4 fully saturated rings. The molecule has 15 heteroatoms. The first-order valence-electron chi connectivity index (χ1n) is 21.3. The molecule has 3 aliphatic heterocycles. The van der Waals surface area contributed by atoms with Crippen molar-refractivity contribution in [1.29, 1.82) is 0 Å². The molecule has 5 aliphatic rings. The number of nitrogens with one attached hydrogen (secondary N) is 2. The number of hydrogen-bond donors (Lipinski definition) is 2. The van der Waals surface area contributed by atoms with Crippen LogP contribution >= 0.6 is 0 Å². The Morgan fingerprint density at radius 2 is 1.75 bits per heavy atom. The number of aromatic nitrogens is 1. The maximum Gasteiger partial charge on any atom is 0.259 e. The summed E-state index contributed by atoms with van der Waals surface area (Å²) < 4.78 is 46.4. The summed E-state index contributed by atoms with van der Waals surface area (Å²) in [7, 11) is -2.31. The largest absolute Gasteiger partial charge is 0.497 e. The van der Waals surface area contributed by atoms with E-state index >= 15 is 0 Å². The van der Waals surface area contributed by atoms with Crippen molar-refractivity contribution >= 4 is 44.6 Å². The normalized spacial score (nSPS) is 29.3. The van der Waals surface area contributed by atoms with E-state index in [0.717, 1.165) is 24.8 Å². The summed E-state index contributed by atoms with van der Waals surface area (Å²) in [4.78, 5) is 65.6. The quantitative estimate of drug-likeness (QED) is 0.282. The summed E-state index contributed by atoms with van der Waals surface area (Å²) in [5.74, 6) is -1.79. The molecule has 1 aromatic heterocycles. The summed E-state index contributed by atoms with van der Waals surface area (Å²) in [5, 5.41) is 3.05. The molecule has 3 aromatic rings. The number of ether oxygens (including phenoxy) is 3. The Morgan fingerprint density at radius 1 is 0.983 bits per heavy atom. The molecule has 0 bridgehead atoms. The number of carbonyl (C=O) groups excluding carboxylic acids is 4. The molecule has 2 saturated heterocycles. The Bertz CT molecular complexity index is 2260. The second-order valence-electron chi connectivity index (χ2n) is 17.2. The monoisotopic (exact) mass is 841 g/mol. The van der Waals surface area contributed by atoms with Gasteiger partial charge in [0.2, 0.25) is 27.7 Å². The van der Waals surface area contributed by atoms with Gasteiger partial charge in [-0.3, -0.25) is 23.9 Å². The topological polar surface area (TPSA) is 174 Å². The standard InChI is InChI=1S/C45H55N5O9S/c1-28-25-49(26-29(2)58-28)41(51)20-31-14-8-5-4-6-11-15-32-24-45(32,44(54)48-60(55,56)35-17-18-35)47-42(52)39-22-34(27-50(39)43(31)53)59-40-23-37(30-12-9-7-10-13-30)46-38-21-33(57-3)16-19-36(38)40/h7,9-13,15-16,19,21,23,28-29,31-32,34-35,39H,4-6,8,14,17-18,20,22,24-27H2,1-3H3,(H,47,52)(H,48,54)/b15-11-/t28?,29?,31-,32+,34-,39+,45-/m1/s1. The lowest BCUT2D eigenvalue weighted by atomic mass is 9.94. The zero-order valence-corrected chi connectivity index (χ0v) is 35.3. The van der Waals surface area contributed by atoms with Crippen molar-refractivity contribution < 1.29 is 41.8 Å². The Kier molecular flexibility index (Phi) is 11.9. The van der Waals surface area contributed by atoms with Crippen molar-refractivity contribution in [3.05, 3.63) is 66.7 Å². The number of amides is 4. The van der Waals surface area contributed by atoms with E-state index in [1.165, 1.54) is 4.90 Å². The minimum absolute atomic E-state index is 0.0146. The van der Waals surface area contributed by atoms with E-state index in [4.69, 9.17) is 19.2 Å². The molecule has 0 radical (unpaired) electrons. The lowest BCUT2D eigenvalue weighted by Crippen LogP contribution is -2.57. The van der Waals surface area contributed by atoms with Crippen LogP contribution in [0.25, 0.3) is 22.2 Å². The van der Waals surface area contributed by atoms with Crippen LogP contribution in [0, 0.1) is 11.8 Å². The third-order valence-corrected chi connectivity index (χ3v) is 14.3. The number of methoxy groups -OCH3 is 1. The van der Waals surface area contributed by atoms with E-state index in [-0.39, 0.29) is 49.8 Å². The Hall–Kier alpha value is -5.02. The van der Waals surface area contributed by atoms with Gasteiger partial charge in [-0.2, -0.15) is 0 Å². The molecule has 2 saturated carbocycles. The van der Waals surface area contributed by atoms with E-state index in [2.05, 4.69) is 10.0 Å². The second kappa shape index (κ2) is 17.2. The number of benzene rings is 2. The zero-order valence-electron chi connectivity index (χ0n) is 34.5. The Morgan fingerprint density at radius 3 is 2.48 bits per heavy atom. The van der Waals surface area contributed by atoms with E-state index < -0.39 is 56.6 Å². The minimum atomic E-state index is -3.90. The molecule has 2 aromatic carbocycles. The van der Waals surface area contributed by atoms with Crippen molar-refractivity contribution in [2.75, 3.05) is 26.7 Å². The van der Waals surface area contributed by atoms with Crippen LogP contribution in [0.3, 0.4) is 0 Å². The van der Waals surface area contributed by atoms with Crippen LogP contribution in [0.1, 0.15) is 78.1 Å². The predicted octanol–water partition coefficient (Wildman–Crippen LogP) is 4.90. The third-order valence-electron chi connectivity index (χ3n) is 12.5. The first kappa shape index (κ1) is 41.7. The molecule has 2 N–H and O–H groups in total. The molecule has 60 heavy (non-hydrogen) atoms. The molecule has 4 heterocycles. The molecule has 14 nitrogen and oxygen atoms in total. The number of allylic oxidation sites excluding steroid dienone is 1. The van der Waals surface area contributed by atoms with Gasteiger partial charge in [-0.05, 0) is 64.5 Å². The molecule has 2 aliphatic carbocycles. The fourth-order valence-electron chi connectivity index (χ4n) is 9.04. The highest BCUT2D eigenvalue weighted by molar-refractivity contribution is 7.91. The van der Waals surface area contributed by atoms with Gasteiger partial charge in [0.05, 0.1) is 42.3 Å². The average Bonchev–Trinajstić information content (AvgIpc) is 4.16. The van der Waals surface area contributed by atoms with Crippen LogP contribution in [0.2, 0.25) is 0 Å². The average molecular weight is 842 g/mol. The SMILES string of the molecule is COc1ccc2c(O[C@@H]3C[C@H]4C(=O)N[C@]5(C(=O)NS(=O)(=O)C6CC6)C[C@@H]5/C=C\CCCCC[C@H](CC(=O)N5CC(C)OC(C)C5)C(=O)N4C3)cc(-c3ccccc3)nc2c1. The van der Waals surface area contributed by atoms with E-state index in [1.807, 2.05) is 80.6 Å². The fraction of sp³-hybridized carbons (Fsp3) is 0.533. The summed E-state index contributed by atoms with van der Waals surface area (Å²) in [6.45, 7) is 4.76. The van der Waals surface area contributed by atoms with Gasteiger partial charge in [-0.15, -0.1) is 0 Å². The lowest BCUT2D eigenvalue weighted by Gasteiger charge is -2.36. The number of morpholine rings is 1. The highest BCUT2D eigenvalue weighted by Gasteiger charge is 2.62. The highest BCUT2D eigenvalue weighted by Crippen LogP contribution is 2.46. The number of nitrogens with zero attached hydrogens (tertiary/aromatic N) is 3. The molecule has 320 valence electrons. The van der Waals surface area contributed by atoms with Gasteiger partial charge in [-0.25, -0.2) is 13.4 Å².